The van der Waals surface area contributed by atoms with Crippen molar-refractivity contribution in [2.24, 2.45) is 10.9 Å². The molecule has 2 fully saturated rings. The molecule has 26 heavy (non-hydrogen) atoms. The molecule has 1 atom stereocenters. The van der Waals surface area contributed by atoms with Gasteiger partial charge in [-0.1, -0.05) is 18.2 Å². The third-order valence-electron chi connectivity index (χ3n) is 5.11. The van der Waals surface area contributed by atoms with Crippen LogP contribution >= 0.6 is 24.0 Å². The maximum absolute atomic E-state index is 6.12. The number of benzene rings is 1. The SMILES string of the molecule is CCOCC1CCN(C(=NC)NCc2ccccc2OC2CCC2)C1.I. The van der Waals surface area contributed by atoms with Gasteiger partial charge >= 0.3 is 0 Å². The Morgan fingerprint density at radius 1 is 1.27 bits per heavy atom. The molecule has 5 nitrogen and oxygen atoms in total. The molecular weight excluding hydrogens is 441 g/mol. The van der Waals surface area contributed by atoms with E-state index in [-0.39, 0.29) is 24.0 Å². The summed E-state index contributed by atoms with van der Waals surface area (Å²) in [6.07, 6.45) is 5.22. The van der Waals surface area contributed by atoms with E-state index in [2.05, 4.69) is 40.3 Å². The summed E-state index contributed by atoms with van der Waals surface area (Å²) in [7, 11) is 1.86. The summed E-state index contributed by atoms with van der Waals surface area (Å²) in [5.41, 5.74) is 1.20. The number of likely N-dealkylation sites (tertiary alicyclic amines) is 1. The van der Waals surface area contributed by atoms with Crippen LogP contribution in [-0.2, 0) is 11.3 Å². The molecule has 0 bridgehead atoms. The minimum Gasteiger partial charge on any atom is -0.490 e. The third-order valence-corrected chi connectivity index (χ3v) is 5.11. The minimum absolute atomic E-state index is 0. The van der Waals surface area contributed by atoms with E-state index in [9.17, 15) is 0 Å². The number of hydrogen-bond donors (Lipinski definition) is 1. The fourth-order valence-electron chi connectivity index (χ4n) is 3.39. The molecule has 1 heterocycles. The molecule has 146 valence electrons. The minimum atomic E-state index is 0. The molecule has 2 aliphatic rings. The molecule has 3 rings (SSSR count). The lowest BCUT2D eigenvalue weighted by Gasteiger charge is -2.28. The molecule has 6 heteroatoms. The molecule has 1 saturated heterocycles. The second-order valence-corrected chi connectivity index (χ2v) is 6.94. The number of ether oxygens (including phenoxy) is 2. The standard InChI is InChI=1S/C20H31N3O2.HI/c1-3-24-15-16-11-12-23(14-16)20(21-2)22-13-17-7-4-5-10-19(17)25-18-8-6-9-18;/h4-5,7,10,16,18H,3,6,8-9,11-15H2,1-2H3,(H,21,22);1H. The van der Waals surface area contributed by atoms with Crippen LogP contribution in [0.4, 0.5) is 0 Å². The number of nitrogens with zero attached hydrogens (tertiary/aromatic N) is 2. The fourth-order valence-corrected chi connectivity index (χ4v) is 3.39. The molecule has 0 spiro atoms. The molecule has 1 N–H and O–H groups in total. The second-order valence-electron chi connectivity index (χ2n) is 6.94. The summed E-state index contributed by atoms with van der Waals surface area (Å²) in [5.74, 6) is 2.58. The highest BCUT2D eigenvalue weighted by atomic mass is 127. The number of halogens is 1. The van der Waals surface area contributed by atoms with Crippen molar-refractivity contribution in [2.75, 3.05) is 33.4 Å². The van der Waals surface area contributed by atoms with Crippen LogP contribution in [0, 0.1) is 5.92 Å². The van der Waals surface area contributed by atoms with Gasteiger partial charge in [0, 0.05) is 44.8 Å². The Morgan fingerprint density at radius 3 is 2.77 bits per heavy atom. The molecule has 1 aliphatic heterocycles. The Kier molecular flexibility index (Phi) is 8.98. The van der Waals surface area contributed by atoms with Crippen molar-refractivity contribution in [1.82, 2.24) is 10.2 Å². The van der Waals surface area contributed by atoms with E-state index >= 15 is 0 Å². The normalized spacial score (nSPS) is 20.5. The maximum Gasteiger partial charge on any atom is 0.193 e. The summed E-state index contributed by atoms with van der Waals surface area (Å²) in [6, 6.07) is 8.33. The molecule has 1 unspecified atom stereocenters. The summed E-state index contributed by atoms with van der Waals surface area (Å²) in [4.78, 5) is 6.80. The first-order valence-electron chi connectivity index (χ1n) is 9.58. The van der Waals surface area contributed by atoms with Crippen LogP contribution in [-0.4, -0.2) is 50.3 Å². The molecule has 0 radical (unpaired) electrons. The summed E-state index contributed by atoms with van der Waals surface area (Å²) >= 11 is 0. The maximum atomic E-state index is 6.12. The van der Waals surface area contributed by atoms with Crippen LogP contribution < -0.4 is 10.1 Å². The number of aliphatic imine (C=N–C) groups is 1. The number of nitrogens with one attached hydrogen (secondary N) is 1. The average Bonchev–Trinajstić information content (AvgIpc) is 3.06. The van der Waals surface area contributed by atoms with Crippen LogP contribution in [0.1, 0.15) is 38.2 Å². The van der Waals surface area contributed by atoms with E-state index < -0.39 is 0 Å². The van der Waals surface area contributed by atoms with Gasteiger partial charge in [0.2, 0.25) is 0 Å². The zero-order valence-corrected chi connectivity index (χ0v) is 18.3. The smallest absolute Gasteiger partial charge is 0.193 e. The highest BCUT2D eigenvalue weighted by molar-refractivity contribution is 14.0. The van der Waals surface area contributed by atoms with Crippen molar-refractivity contribution in [3.63, 3.8) is 0 Å². The van der Waals surface area contributed by atoms with Gasteiger partial charge in [0.15, 0.2) is 5.96 Å². The molecule has 1 aromatic carbocycles. The van der Waals surface area contributed by atoms with Crippen LogP contribution in [0.15, 0.2) is 29.3 Å². The molecule has 0 aromatic heterocycles. The Morgan fingerprint density at radius 2 is 2.08 bits per heavy atom. The first-order chi connectivity index (χ1) is 12.3. The van der Waals surface area contributed by atoms with Crippen molar-refractivity contribution < 1.29 is 9.47 Å². The summed E-state index contributed by atoms with van der Waals surface area (Å²) in [6.45, 7) is 6.49. The zero-order chi connectivity index (χ0) is 17.5. The van der Waals surface area contributed by atoms with Gasteiger partial charge in [0.05, 0.1) is 12.7 Å². The van der Waals surface area contributed by atoms with E-state index in [1.165, 1.54) is 31.2 Å². The number of guanidine groups is 1. The van der Waals surface area contributed by atoms with Crippen LogP contribution in [0.3, 0.4) is 0 Å². The lowest BCUT2D eigenvalue weighted by Crippen LogP contribution is -2.40. The van der Waals surface area contributed by atoms with Gasteiger partial charge in [0.25, 0.3) is 0 Å². The largest absolute Gasteiger partial charge is 0.490 e. The first kappa shape index (κ1) is 21.3. The fraction of sp³-hybridized carbons (Fsp3) is 0.650. The van der Waals surface area contributed by atoms with Crippen molar-refractivity contribution in [1.29, 1.82) is 0 Å². The van der Waals surface area contributed by atoms with Crippen molar-refractivity contribution >= 4 is 29.9 Å². The lowest BCUT2D eigenvalue weighted by atomic mass is 9.96. The predicted molar refractivity (Wildman–Crippen MR) is 116 cm³/mol. The quantitative estimate of drug-likeness (QED) is 0.373. The first-order valence-corrected chi connectivity index (χ1v) is 9.58. The molecule has 1 saturated carbocycles. The van der Waals surface area contributed by atoms with Gasteiger partial charge in [-0.2, -0.15) is 0 Å². The highest BCUT2D eigenvalue weighted by Gasteiger charge is 2.25. The van der Waals surface area contributed by atoms with Crippen LogP contribution in [0.5, 0.6) is 5.75 Å². The predicted octanol–water partition coefficient (Wildman–Crippen LogP) is 3.67. The van der Waals surface area contributed by atoms with Crippen molar-refractivity contribution in [2.45, 2.75) is 45.3 Å². The average molecular weight is 473 g/mol. The topological polar surface area (TPSA) is 46.1 Å². The number of rotatable bonds is 7. The van der Waals surface area contributed by atoms with Gasteiger partial charge < -0.3 is 19.7 Å². The van der Waals surface area contributed by atoms with Crippen molar-refractivity contribution in [3.8, 4) is 5.75 Å². The van der Waals surface area contributed by atoms with E-state index in [1.54, 1.807) is 0 Å². The Balaban J connectivity index is 0.00000243. The van der Waals surface area contributed by atoms with Crippen molar-refractivity contribution in [3.05, 3.63) is 29.8 Å². The van der Waals surface area contributed by atoms with Gasteiger partial charge in [-0.05, 0) is 38.7 Å². The lowest BCUT2D eigenvalue weighted by molar-refractivity contribution is 0.114. The van der Waals surface area contributed by atoms with Gasteiger partial charge in [-0.25, -0.2) is 0 Å². The highest BCUT2D eigenvalue weighted by Crippen LogP contribution is 2.27. The number of hydrogen-bond acceptors (Lipinski definition) is 3. The molecule has 1 aromatic rings. The monoisotopic (exact) mass is 473 g/mol. The second kappa shape index (κ2) is 11.0. The van der Waals surface area contributed by atoms with E-state index in [4.69, 9.17) is 9.47 Å². The summed E-state index contributed by atoms with van der Waals surface area (Å²) in [5, 5.41) is 3.51. The van der Waals surface area contributed by atoms with E-state index in [0.717, 1.165) is 44.6 Å². The zero-order valence-electron chi connectivity index (χ0n) is 15.9. The summed E-state index contributed by atoms with van der Waals surface area (Å²) < 4.78 is 11.7. The van der Waals surface area contributed by atoms with E-state index in [0.29, 0.717) is 12.0 Å². The van der Waals surface area contributed by atoms with E-state index in [1.807, 2.05) is 13.1 Å². The Hall–Kier alpha value is -1.02. The third kappa shape index (κ3) is 5.74. The molecule has 1 aliphatic carbocycles. The Labute approximate surface area is 174 Å². The number of para-hydroxylation sites is 1. The van der Waals surface area contributed by atoms with Gasteiger partial charge in [-0.15, -0.1) is 24.0 Å². The molecular formula is C20H32IN3O2. The van der Waals surface area contributed by atoms with Gasteiger partial charge in [-0.3, -0.25) is 4.99 Å². The Bertz CT molecular complexity index is 578. The van der Waals surface area contributed by atoms with Crippen LogP contribution in [0.2, 0.25) is 0 Å². The van der Waals surface area contributed by atoms with Crippen LogP contribution in [0.25, 0.3) is 0 Å². The van der Waals surface area contributed by atoms with Gasteiger partial charge in [0.1, 0.15) is 5.75 Å². The molecule has 0 amide bonds.